The fourth-order valence-electron chi connectivity index (χ4n) is 2.46. The zero-order valence-electron chi connectivity index (χ0n) is 9.91. The molecule has 0 spiro atoms. The summed E-state index contributed by atoms with van der Waals surface area (Å²) in [5.41, 5.74) is 0. The summed E-state index contributed by atoms with van der Waals surface area (Å²) in [5.74, 6) is 0.493. The Kier molecular flexibility index (Phi) is 4.60. The summed E-state index contributed by atoms with van der Waals surface area (Å²) in [6, 6.07) is 0. The van der Waals surface area contributed by atoms with E-state index in [9.17, 15) is 4.79 Å². The summed E-state index contributed by atoms with van der Waals surface area (Å²) in [6.45, 7) is 3.92. The summed E-state index contributed by atoms with van der Waals surface area (Å²) in [6.07, 6.45) is 6.38. The van der Waals surface area contributed by atoms with Gasteiger partial charge in [0.25, 0.3) is 0 Å². The van der Waals surface area contributed by atoms with Gasteiger partial charge in [0.15, 0.2) is 0 Å². The normalized spacial score (nSPS) is 24.2. The number of hydrogen-bond donors (Lipinski definition) is 1. The first-order valence-electron chi connectivity index (χ1n) is 6.51. The highest BCUT2D eigenvalue weighted by atomic mass is 16.7. The van der Waals surface area contributed by atoms with Gasteiger partial charge in [-0.25, -0.2) is 0 Å². The van der Waals surface area contributed by atoms with E-state index in [0.717, 1.165) is 51.9 Å². The topological polar surface area (TPSA) is 41.6 Å². The lowest BCUT2D eigenvalue weighted by Gasteiger charge is -2.26. The molecule has 4 nitrogen and oxygen atoms in total. The maximum Gasteiger partial charge on any atom is 0.325 e. The molecule has 1 N–H and O–H groups in total. The fourth-order valence-corrected chi connectivity index (χ4v) is 2.46. The maximum absolute atomic E-state index is 11.7. The average Bonchev–Trinajstić information content (AvgIpc) is 2.31. The van der Waals surface area contributed by atoms with Crippen molar-refractivity contribution < 1.29 is 9.63 Å². The number of hydrogen-bond acceptors (Lipinski definition) is 4. The first-order valence-corrected chi connectivity index (χ1v) is 6.51. The van der Waals surface area contributed by atoms with Gasteiger partial charge < -0.3 is 10.2 Å². The SMILES string of the molecule is O=C(CC1CCNCC1)ON1CCCCC1. The Balaban J connectivity index is 1.66. The Morgan fingerprint density at radius 1 is 1.19 bits per heavy atom. The molecule has 92 valence electrons. The molecule has 2 aliphatic heterocycles. The van der Waals surface area contributed by atoms with E-state index in [4.69, 9.17) is 4.84 Å². The molecule has 0 atom stereocenters. The molecule has 2 aliphatic rings. The Morgan fingerprint density at radius 2 is 1.88 bits per heavy atom. The zero-order valence-corrected chi connectivity index (χ0v) is 9.91. The molecule has 2 rings (SSSR count). The summed E-state index contributed by atoms with van der Waals surface area (Å²) in [5, 5.41) is 5.15. The molecule has 0 amide bonds. The van der Waals surface area contributed by atoms with Gasteiger partial charge in [0.2, 0.25) is 0 Å². The number of rotatable bonds is 3. The monoisotopic (exact) mass is 226 g/mol. The van der Waals surface area contributed by atoms with Crippen molar-refractivity contribution in [3.8, 4) is 0 Å². The molecule has 0 aromatic heterocycles. The first-order chi connectivity index (χ1) is 7.84. The highest BCUT2D eigenvalue weighted by molar-refractivity contribution is 5.69. The molecule has 0 aromatic carbocycles. The molecule has 2 fully saturated rings. The molecule has 0 radical (unpaired) electrons. The minimum atomic E-state index is -0.0335. The van der Waals surface area contributed by atoms with E-state index in [1.54, 1.807) is 0 Å². The molecule has 0 saturated carbocycles. The van der Waals surface area contributed by atoms with Gasteiger partial charge >= 0.3 is 5.97 Å². The van der Waals surface area contributed by atoms with Crippen LogP contribution >= 0.6 is 0 Å². The van der Waals surface area contributed by atoms with Gasteiger partial charge in [0, 0.05) is 13.1 Å². The fraction of sp³-hybridized carbons (Fsp3) is 0.917. The lowest BCUT2D eigenvalue weighted by atomic mass is 9.95. The van der Waals surface area contributed by atoms with E-state index in [2.05, 4.69) is 5.32 Å². The van der Waals surface area contributed by atoms with Crippen LogP contribution in [-0.4, -0.2) is 37.2 Å². The minimum Gasteiger partial charge on any atom is -0.368 e. The third-order valence-corrected chi connectivity index (χ3v) is 3.46. The number of nitrogens with zero attached hydrogens (tertiary/aromatic N) is 1. The van der Waals surface area contributed by atoms with Gasteiger partial charge in [0.1, 0.15) is 0 Å². The highest BCUT2D eigenvalue weighted by Gasteiger charge is 2.20. The van der Waals surface area contributed by atoms with Crippen molar-refractivity contribution in [3.05, 3.63) is 0 Å². The van der Waals surface area contributed by atoms with Crippen molar-refractivity contribution in [2.24, 2.45) is 5.92 Å². The second kappa shape index (κ2) is 6.21. The lowest BCUT2D eigenvalue weighted by molar-refractivity contribution is -0.195. The number of carbonyl (C=O) groups is 1. The summed E-state index contributed by atoms with van der Waals surface area (Å²) in [7, 11) is 0. The molecule has 2 saturated heterocycles. The lowest BCUT2D eigenvalue weighted by Crippen LogP contribution is -2.34. The second-order valence-electron chi connectivity index (χ2n) is 4.85. The van der Waals surface area contributed by atoms with Gasteiger partial charge in [-0.3, -0.25) is 4.79 Å². The second-order valence-corrected chi connectivity index (χ2v) is 4.85. The van der Waals surface area contributed by atoms with Crippen LogP contribution in [0.2, 0.25) is 0 Å². The van der Waals surface area contributed by atoms with Gasteiger partial charge in [-0.15, -0.1) is 5.06 Å². The molecule has 0 aromatic rings. The Labute approximate surface area is 97.3 Å². The highest BCUT2D eigenvalue weighted by Crippen LogP contribution is 2.17. The number of piperidine rings is 2. The third kappa shape index (κ3) is 3.76. The van der Waals surface area contributed by atoms with Crippen molar-refractivity contribution >= 4 is 5.97 Å². The van der Waals surface area contributed by atoms with Crippen molar-refractivity contribution in [2.45, 2.75) is 38.5 Å². The van der Waals surface area contributed by atoms with Crippen LogP contribution in [0.5, 0.6) is 0 Å². The van der Waals surface area contributed by atoms with E-state index in [-0.39, 0.29) is 5.97 Å². The number of hydroxylamine groups is 2. The zero-order chi connectivity index (χ0) is 11.2. The van der Waals surface area contributed by atoms with Crippen LogP contribution in [0, 0.1) is 5.92 Å². The van der Waals surface area contributed by atoms with E-state index < -0.39 is 0 Å². The van der Waals surface area contributed by atoms with Gasteiger partial charge in [-0.05, 0) is 44.7 Å². The predicted octanol–water partition coefficient (Wildman–Crippen LogP) is 1.32. The van der Waals surface area contributed by atoms with Crippen LogP contribution in [0.15, 0.2) is 0 Å². The minimum absolute atomic E-state index is 0.0335. The Morgan fingerprint density at radius 3 is 2.56 bits per heavy atom. The average molecular weight is 226 g/mol. The predicted molar refractivity (Wildman–Crippen MR) is 61.7 cm³/mol. The maximum atomic E-state index is 11.7. The van der Waals surface area contributed by atoms with Crippen molar-refractivity contribution in [1.82, 2.24) is 10.4 Å². The summed E-state index contributed by atoms with van der Waals surface area (Å²) >= 11 is 0. The van der Waals surface area contributed by atoms with Crippen LogP contribution in [-0.2, 0) is 9.63 Å². The van der Waals surface area contributed by atoms with E-state index >= 15 is 0 Å². The van der Waals surface area contributed by atoms with Crippen molar-refractivity contribution in [3.63, 3.8) is 0 Å². The smallest absolute Gasteiger partial charge is 0.325 e. The molecule has 4 heteroatoms. The quantitative estimate of drug-likeness (QED) is 0.788. The van der Waals surface area contributed by atoms with Gasteiger partial charge in [0.05, 0.1) is 6.42 Å². The number of nitrogens with one attached hydrogen (secondary N) is 1. The van der Waals surface area contributed by atoms with E-state index in [0.29, 0.717) is 12.3 Å². The summed E-state index contributed by atoms with van der Waals surface area (Å²) < 4.78 is 0. The van der Waals surface area contributed by atoms with Gasteiger partial charge in [-0.2, -0.15) is 0 Å². The molecule has 0 bridgehead atoms. The first kappa shape index (κ1) is 11.9. The number of carbonyl (C=O) groups excluding carboxylic acids is 1. The molecular weight excluding hydrogens is 204 g/mol. The van der Waals surface area contributed by atoms with Crippen molar-refractivity contribution in [2.75, 3.05) is 26.2 Å². The van der Waals surface area contributed by atoms with Crippen LogP contribution in [0.25, 0.3) is 0 Å². The van der Waals surface area contributed by atoms with Crippen LogP contribution < -0.4 is 5.32 Å². The largest absolute Gasteiger partial charge is 0.368 e. The Hall–Kier alpha value is -0.610. The standard InChI is InChI=1S/C12H22N2O2/c15-12(10-11-4-6-13-7-5-11)16-14-8-2-1-3-9-14/h11,13H,1-10H2. The van der Waals surface area contributed by atoms with E-state index in [1.807, 2.05) is 5.06 Å². The summed E-state index contributed by atoms with van der Waals surface area (Å²) in [4.78, 5) is 17.1. The molecular formula is C12H22N2O2. The van der Waals surface area contributed by atoms with Crippen LogP contribution in [0.1, 0.15) is 38.5 Å². The van der Waals surface area contributed by atoms with Crippen LogP contribution in [0.4, 0.5) is 0 Å². The van der Waals surface area contributed by atoms with Crippen LogP contribution in [0.3, 0.4) is 0 Å². The Bertz CT molecular complexity index is 199. The molecule has 0 unspecified atom stereocenters. The molecule has 2 heterocycles. The van der Waals surface area contributed by atoms with Gasteiger partial charge in [-0.1, -0.05) is 6.42 Å². The molecule has 16 heavy (non-hydrogen) atoms. The van der Waals surface area contributed by atoms with Crippen molar-refractivity contribution in [1.29, 1.82) is 0 Å². The third-order valence-electron chi connectivity index (χ3n) is 3.46. The molecule has 0 aliphatic carbocycles. The van der Waals surface area contributed by atoms with E-state index in [1.165, 1.54) is 6.42 Å².